The fourth-order valence-corrected chi connectivity index (χ4v) is 3.21. The van der Waals surface area contributed by atoms with Gasteiger partial charge in [-0.3, -0.25) is 9.67 Å². The molecule has 1 aliphatic rings. The highest BCUT2D eigenvalue weighted by Crippen LogP contribution is 2.54. The molecule has 3 rings (SSSR count). The summed E-state index contributed by atoms with van der Waals surface area (Å²) < 4.78 is 43.2. The molecule has 8 heteroatoms. The lowest BCUT2D eigenvalue weighted by atomic mass is 9.88. The second-order valence-electron chi connectivity index (χ2n) is 6.22. The molecule has 2 aromatic rings. The van der Waals surface area contributed by atoms with Gasteiger partial charge in [0.2, 0.25) is 5.60 Å². The average Bonchev–Trinajstić information content (AvgIpc) is 3.18. The van der Waals surface area contributed by atoms with Crippen LogP contribution in [0.25, 0.3) is 11.3 Å². The summed E-state index contributed by atoms with van der Waals surface area (Å²) in [5.74, 6) is 0. The number of aliphatic hydroxyl groups excluding tert-OH is 1. The van der Waals surface area contributed by atoms with Crippen molar-refractivity contribution in [1.29, 1.82) is 0 Å². The summed E-state index contributed by atoms with van der Waals surface area (Å²) in [6.45, 7) is 5.17. The molecular formula is C19H18F3N3O2. The largest absolute Gasteiger partial charge is 0.425 e. The molecule has 0 fully saturated rings. The quantitative estimate of drug-likeness (QED) is 0.787. The van der Waals surface area contributed by atoms with Crippen molar-refractivity contribution >= 4 is 18.0 Å². The summed E-state index contributed by atoms with van der Waals surface area (Å²) >= 11 is 0. The normalized spacial score (nSPS) is 20.1. The lowest BCUT2D eigenvalue weighted by molar-refractivity contribution is -0.247. The zero-order valence-electron chi connectivity index (χ0n) is 14.5. The van der Waals surface area contributed by atoms with Crippen LogP contribution in [-0.4, -0.2) is 39.5 Å². The van der Waals surface area contributed by atoms with E-state index in [1.807, 2.05) is 0 Å². The molecule has 1 aromatic carbocycles. The van der Waals surface area contributed by atoms with E-state index in [2.05, 4.69) is 16.8 Å². The van der Waals surface area contributed by atoms with E-state index >= 15 is 0 Å². The Balaban J connectivity index is 2.17. The van der Waals surface area contributed by atoms with E-state index in [1.54, 1.807) is 19.2 Å². The Morgan fingerprint density at radius 2 is 2.07 bits per heavy atom. The zero-order chi connectivity index (χ0) is 19.8. The highest BCUT2D eigenvalue weighted by atomic mass is 19.4. The summed E-state index contributed by atoms with van der Waals surface area (Å²) in [7, 11) is 0. The van der Waals surface area contributed by atoms with Gasteiger partial charge in [-0.15, -0.1) is 0 Å². The van der Waals surface area contributed by atoms with Gasteiger partial charge in [-0.05, 0) is 25.3 Å². The molecule has 5 nitrogen and oxygen atoms in total. The van der Waals surface area contributed by atoms with Crippen LogP contribution in [-0.2, 0) is 12.1 Å². The fourth-order valence-electron chi connectivity index (χ4n) is 3.21. The molecule has 142 valence electrons. The van der Waals surface area contributed by atoms with Crippen molar-refractivity contribution in [1.82, 2.24) is 9.78 Å². The van der Waals surface area contributed by atoms with E-state index in [-0.39, 0.29) is 35.5 Å². The molecule has 1 atom stereocenters. The van der Waals surface area contributed by atoms with Crippen LogP contribution in [0.4, 0.5) is 13.2 Å². The second-order valence-corrected chi connectivity index (χ2v) is 6.22. The smallest absolute Gasteiger partial charge is 0.394 e. The molecule has 1 heterocycles. The van der Waals surface area contributed by atoms with Gasteiger partial charge >= 0.3 is 6.18 Å². The van der Waals surface area contributed by atoms with Crippen molar-refractivity contribution in [2.45, 2.75) is 25.2 Å². The van der Waals surface area contributed by atoms with Gasteiger partial charge in [0.1, 0.15) is 0 Å². The van der Waals surface area contributed by atoms with Crippen molar-refractivity contribution in [3.63, 3.8) is 0 Å². The maximum absolute atomic E-state index is 13.9. The van der Waals surface area contributed by atoms with Crippen molar-refractivity contribution < 1.29 is 23.4 Å². The number of hydrogen-bond acceptors (Lipinski definition) is 4. The number of aliphatic imine (C=N–C) groups is 1. The van der Waals surface area contributed by atoms with E-state index in [9.17, 15) is 18.3 Å². The minimum Gasteiger partial charge on any atom is -0.394 e. The number of alkyl halides is 3. The standard InChI is InChI=1S/C19H18F3N3O2/c1-12(13-10-24-25(11-13)7-8-26)9-16-17(23-2)14-5-3-4-6-15(14)18(16,27)19(20,21)22/h3-6,9-11,26-27H,2,7-8H2,1H3/b12-9+. The molecule has 2 N–H and O–H groups in total. The third-order valence-electron chi connectivity index (χ3n) is 4.56. The number of aromatic nitrogens is 2. The first-order valence-electron chi connectivity index (χ1n) is 8.16. The zero-order valence-corrected chi connectivity index (χ0v) is 14.5. The van der Waals surface area contributed by atoms with E-state index in [0.717, 1.165) is 0 Å². The number of aliphatic hydroxyl groups is 2. The van der Waals surface area contributed by atoms with Crippen LogP contribution in [0.3, 0.4) is 0 Å². The van der Waals surface area contributed by atoms with Gasteiger partial charge in [0.15, 0.2) is 0 Å². The molecular weight excluding hydrogens is 359 g/mol. The number of fused-ring (bicyclic) bond motifs is 1. The Kier molecular flexibility index (Phi) is 4.79. The van der Waals surface area contributed by atoms with Crippen LogP contribution in [0.2, 0.25) is 0 Å². The molecule has 27 heavy (non-hydrogen) atoms. The number of nitrogens with zero attached hydrogens (tertiary/aromatic N) is 3. The molecule has 0 amide bonds. The molecule has 0 saturated heterocycles. The maximum Gasteiger partial charge on any atom is 0.425 e. The highest BCUT2D eigenvalue weighted by Gasteiger charge is 2.61. The van der Waals surface area contributed by atoms with Gasteiger partial charge in [0.05, 0.1) is 25.0 Å². The first-order chi connectivity index (χ1) is 12.7. The van der Waals surface area contributed by atoms with Crippen molar-refractivity contribution in [2.75, 3.05) is 6.61 Å². The van der Waals surface area contributed by atoms with Crippen LogP contribution in [0.1, 0.15) is 23.6 Å². The van der Waals surface area contributed by atoms with Crippen LogP contribution >= 0.6 is 0 Å². The predicted molar refractivity (Wildman–Crippen MR) is 95.8 cm³/mol. The number of rotatable bonds is 5. The Morgan fingerprint density at radius 1 is 1.37 bits per heavy atom. The summed E-state index contributed by atoms with van der Waals surface area (Å²) in [6, 6.07) is 5.74. The average molecular weight is 377 g/mol. The lowest BCUT2D eigenvalue weighted by Crippen LogP contribution is -2.42. The fraction of sp³-hybridized carbons (Fsp3) is 0.263. The summed E-state index contributed by atoms with van der Waals surface area (Å²) in [6.07, 6.45) is -0.587. The van der Waals surface area contributed by atoms with E-state index in [0.29, 0.717) is 11.1 Å². The van der Waals surface area contributed by atoms with Crippen LogP contribution in [0.15, 0.2) is 53.3 Å². The Labute approximate surface area is 153 Å². The van der Waals surface area contributed by atoms with Gasteiger partial charge in [0.25, 0.3) is 0 Å². The van der Waals surface area contributed by atoms with E-state index in [1.165, 1.54) is 35.2 Å². The van der Waals surface area contributed by atoms with Crippen molar-refractivity contribution in [2.24, 2.45) is 4.99 Å². The molecule has 0 spiro atoms. The Hall–Kier alpha value is -2.71. The molecule has 0 bridgehead atoms. The molecule has 0 saturated carbocycles. The van der Waals surface area contributed by atoms with Gasteiger partial charge < -0.3 is 10.2 Å². The van der Waals surface area contributed by atoms with E-state index in [4.69, 9.17) is 5.11 Å². The number of halogens is 3. The van der Waals surface area contributed by atoms with Crippen molar-refractivity contribution in [3.05, 3.63) is 65.0 Å². The number of allylic oxidation sites excluding steroid dienone is 1. The molecule has 0 aliphatic heterocycles. The summed E-state index contributed by atoms with van der Waals surface area (Å²) in [4.78, 5) is 3.77. The van der Waals surface area contributed by atoms with Gasteiger partial charge in [-0.1, -0.05) is 24.3 Å². The third-order valence-corrected chi connectivity index (χ3v) is 4.56. The second kappa shape index (κ2) is 6.79. The summed E-state index contributed by atoms with van der Waals surface area (Å²) in [5, 5.41) is 23.8. The minimum atomic E-state index is -4.94. The van der Waals surface area contributed by atoms with Gasteiger partial charge in [-0.2, -0.15) is 18.3 Å². The lowest BCUT2D eigenvalue weighted by Gasteiger charge is -2.29. The van der Waals surface area contributed by atoms with E-state index < -0.39 is 11.8 Å². The monoisotopic (exact) mass is 377 g/mol. The highest BCUT2D eigenvalue weighted by molar-refractivity contribution is 5.85. The molecule has 0 radical (unpaired) electrons. The molecule has 1 aromatic heterocycles. The molecule has 1 unspecified atom stereocenters. The Bertz CT molecular complexity index is 944. The predicted octanol–water partition coefficient (Wildman–Crippen LogP) is 3.15. The SMILES string of the molecule is C=NC1=C(/C=C(\C)c2cnn(CCO)c2)C(O)(C(F)(F)F)c2ccccc21. The number of benzene rings is 1. The third kappa shape index (κ3) is 3.00. The van der Waals surface area contributed by atoms with Crippen LogP contribution in [0.5, 0.6) is 0 Å². The summed E-state index contributed by atoms with van der Waals surface area (Å²) in [5.41, 5.74) is -2.60. The topological polar surface area (TPSA) is 70.6 Å². The molecule has 1 aliphatic carbocycles. The maximum atomic E-state index is 13.9. The van der Waals surface area contributed by atoms with Crippen LogP contribution < -0.4 is 0 Å². The van der Waals surface area contributed by atoms with Crippen molar-refractivity contribution in [3.8, 4) is 0 Å². The van der Waals surface area contributed by atoms with Gasteiger partial charge in [0, 0.05) is 28.5 Å². The van der Waals surface area contributed by atoms with Crippen LogP contribution in [0, 0.1) is 0 Å². The Morgan fingerprint density at radius 3 is 2.70 bits per heavy atom. The van der Waals surface area contributed by atoms with Gasteiger partial charge in [-0.25, -0.2) is 0 Å². The minimum absolute atomic E-state index is 0.00692. The first kappa shape index (κ1) is 19.1. The number of hydrogen-bond donors (Lipinski definition) is 2. The first-order valence-corrected chi connectivity index (χ1v) is 8.16.